The van der Waals surface area contributed by atoms with E-state index in [-0.39, 0.29) is 6.54 Å². The van der Waals surface area contributed by atoms with Gasteiger partial charge in [0, 0.05) is 0 Å². The zero-order valence-corrected chi connectivity index (χ0v) is 12.3. The van der Waals surface area contributed by atoms with E-state index in [0.717, 1.165) is 5.56 Å². The van der Waals surface area contributed by atoms with E-state index in [9.17, 15) is 9.59 Å². The van der Waals surface area contributed by atoms with Gasteiger partial charge in [-0.2, -0.15) is 0 Å². The van der Waals surface area contributed by atoms with Gasteiger partial charge in [0.1, 0.15) is 5.60 Å². The number of hydrogen-bond acceptors (Lipinski definition) is 4. The molecule has 0 bridgehead atoms. The van der Waals surface area contributed by atoms with Gasteiger partial charge in [-0.15, -0.1) is 0 Å². The lowest BCUT2D eigenvalue weighted by Crippen LogP contribution is -2.42. The summed E-state index contributed by atoms with van der Waals surface area (Å²) in [6, 6.07) is 9.22. The third-order valence-corrected chi connectivity index (χ3v) is 2.66. The number of amides is 1. The van der Waals surface area contributed by atoms with Crippen molar-refractivity contribution in [2.45, 2.75) is 38.9 Å². The van der Waals surface area contributed by atoms with E-state index in [1.54, 1.807) is 27.7 Å². The van der Waals surface area contributed by atoms with Crippen LogP contribution in [0.2, 0.25) is 0 Å². The summed E-state index contributed by atoms with van der Waals surface area (Å²) in [5.41, 5.74) is -0.707. The van der Waals surface area contributed by atoms with E-state index < -0.39 is 17.3 Å². The van der Waals surface area contributed by atoms with Crippen LogP contribution in [0.15, 0.2) is 30.3 Å². The van der Waals surface area contributed by atoms with Crippen molar-refractivity contribution < 1.29 is 19.1 Å². The molecule has 1 amide bonds. The lowest BCUT2D eigenvalue weighted by Gasteiger charge is -2.29. The zero-order chi connectivity index (χ0) is 15.2. The first kappa shape index (κ1) is 16.0. The molecule has 0 radical (unpaired) electrons. The molecule has 0 aliphatic heterocycles. The van der Waals surface area contributed by atoms with Crippen LogP contribution in [0, 0.1) is 0 Å². The van der Waals surface area contributed by atoms with Gasteiger partial charge in [-0.05, 0) is 33.3 Å². The minimum Gasteiger partial charge on any atom is -0.455 e. The van der Waals surface area contributed by atoms with E-state index in [0.29, 0.717) is 6.47 Å². The molecule has 1 aromatic rings. The number of benzene rings is 1. The Morgan fingerprint density at radius 2 is 1.80 bits per heavy atom. The average molecular weight is 279 g/mol. The lowest BCUT2D eigenvalue weighted by atomic mass is 9.96. The topological polar surface area (TPSA) is 64.6 Å². The minimum absolute atomic E-state index is 0.130. The first-order chi connectivity index (χ1) is 9.27. The fourth-order valence-electron chi connectivity index (χ4n) is 1.66. The minimum atomic E-state index is -0.931. The SMILES string of the molecule is CC(C)(C)OC(=O)NCC(C)(OC=O)c1ccccc1. The molecule has 0 spiro atoms. The molecular weight excluding hydrogens is 258 g/mol. The van der Waals surface area contributed by atoms with E-state index in [2.05, 4.69) is 5.32 Å². The molecule has 0 heterocycles. The summed E-state index contributed by atoms with van der Waals surface area (Å²) in [5.74, 6) is 0. The van der Waals surface area contributed by atoms with Crippen LogP contribution in [0.3, 0.4) is 0 Å². The summed E-state index contributed by atoms with van der Waals surface area (Å²) < 4.78 is 10.3. The van der Waals surface area contributed by atoms with Crippen LogP contribution in [0.5, 0.6) is 0 Å². The molecule has 0 aliphatic rings. The van der Waals surface area contributed by atoms with Crippen molar-refractivity contribution >= 4 is 12.6 Å². The van der Waals surface area contributed by atoms with Crippen LogP contribution in [-0.2, 0) is 19.9 Å². The Bertz CT molecular complexity index is 453. The summed E-state index contributed by atoms with van der Waals surface area (Å²) in [6.07, 6.45) is -0.547. The van der Waals surface area contributed by atoms with Gasteiger partial charge in [0.25, 0.3) is 6.47 Å². The predicted octanol–water partition coefficient (Wildman–Crippen LogP) is 2.60. The number of carbonyl (C=O) groups excluding carboxylic acids is 2. The molecule has 0 fully saturated rings. The van der Waals surface area contributed by atoms with Crippen LogP contribution in [0.4, 0.5) is 4.79 Å². The quantitative estimate of drug-likeness (QED) is 0.841. The fraction of sp³-hybridized carbons (Fsp3) is 0.467. The van der Waals surface area contributed by atoms with Gasteiger partial charge in [-0.3, -0.25) is 4.79 Å². The maximum absolute atomic E-state index is 11.7. The van der Waals surface area contributed by atoms with Crippen molar-refractivity contribution in [3.05, 3.63) is 35.9 Å². The maximum atomic E-state index is 11.7. The maximum Gasteiger partial charge on any atom is 0.407 e. The predicted molar refractivity (Wildman–Crippen MR) is 75.2 cm³/mol. The normalized spacial score (nSPS) is 14.0. The van der Waals surface area contributed by atoms with Crippen LogP contribution >= 0.6 is 0 Å². The average Bonchev–Trinajstić information content (AvgIpc) is 2.36. The Morgan fingerprint density at radius 1 is 1.20 bits per heavy atom. The van der Waals surface area contributed by atoms with Gasteiger partial charge < -0.3 is 14.8 Å². The molecule has 0 aromatic heterocycles. The van der Waals surface area contributed by atoms with Gasteiger partial charge in [0.15, 0.2) is 5.60 Å². The molecule has 110 valence electrons. The van der Waals surface area contributed by atoms with Crippen LogP contribution in [0.25, 0.3) is 0 Å². The van der Waals surface area contributed by atoms with Crippen LogP contribution < -0.4 is 5.32 Å². The van der Waals surface area contributed by atoms with Crippen molar-refractivity contribution in [3.63, 3.8) is 0 Å². The highest BCUT2D eigenvalue weighted by Crippen LogP contribution is 2.23. The number of carbonyl (C=O) groups is 2. The highest BCUT2D eigenvalue weighted by Gasteiger charge is 2.29. The van der Waals surface area contributed by atoms with E-state index in [4.69, 9.17) is 9.47 Å². The number of nitrogens with one attached hydrogen (secondary N) is 1. The first-order valence-electron chi connectivity index (χ1n) is 6.41. The Labute approximate surface area is 119 Å². The lowest BCUT2D eigenvalue weighted by molar-refractivity contribution is -0.142. The molecule has 1 N–H and O–H groups in total. The Kier molecular flexibility index (Phi) is 5.13. The van der Waals surface area contributed by atoms with E-state index in [1.165, 1.54) is 0 Å². The van der Waals surface area contributed by atoms with Gasteiger partial charge in [-0.25, -0.2) is 4.79 Å². The second-order valence-electron chi connectivity index (χ2n) is 5.67. The van der Waals surface area contributed by atoms with E-state index in [1.807, 2.05) is 30.3 Å². The molecule has 0 saturated heterocycles. The molecule has 1 rings (SSSR count). The number of rotatable bonds is 5. The number of alkyl carbamates (subject to hydrolysis) is 1. The first-order valence-corrected chi connectivity index (χ1v) is 6.41. The molecule has 0 saturated carbocycles. The Hall–Kier alpha value is -2.04. The molecule has 5 nitrogen and oxygen atoms in total. The van der Waals surface area contributed by atoms with Crippen molar-refractivity contribution in [2.75, 3.05) is 6.54 Å². The Balaban J connectivity index is 2.73. The molecule has 0 aliphatic carbocycles. The summed E-state index contributed by atoms with van der Waals surface area (Å²) in [4.78, 5) is 22.4. The third-order valence-electron chi connectivity index (χ3n) is 2.66. The molecule has 1 atom stereocenters. The van der Waals surface area contributed by atoms with Crippen molar-refractivity contribution in [1.29, 1.82) is 0 Å². The van der Waals surface area contributed by atoms with Crippen molar-refractivity contribution in [2.24, 2.45) is 0 Å². The largest absolute Gasteiger partial charge is 0.455 e. The highest BCUT2D eigenvalue weighted by molar-refractivity contribution is 5.67. The zero-order valence-electron chi connectivity index (χ0n) is 12.3. The third kappa shape index (κ3) is 4.91. The number of hydrogen-bond donors (Lipinski definition) is 1. The van der Waals surface area contributed by atoms with Gasteiger partial charge >= 0.3 is 6.09 Å². The van der Waals surface area contributed by atoms with Crippen molar-refractivity contribution in [3.8, 4) is 0 Å². The molecular formula is C15H21NO4. The van der Waals surface area contributed by atoms with Crippen LogP contribution in [0.1, 0.15) is 33.3 Å². The molecule has 1 aromatic carbocycles. The van der Waals surface area contributed by atoms with Gasteiger partial charge in [0.2, 0.25) is 0 Å². The number of ether oxygens (including phenoxy) is 2. The fourth-order valence-corrected chi connectivity index (χ4v) is 1.66. The molecule has 5 heteroatoms. The van der Waals surface area contributed by atoms with Gasteiger partial charge in [-0.1, -0.05) is 30.3 Å². The summed E-state index contributed by atoms with van der Waals surface area (Å²) in [7, 11) is 0. The van der Waals surface area contributed by atoms with E-state index >= 15 is 0 Å². The molecule has 20 heavy (non-hydrogen) atoms. The molecule has 1 unspecified atom stereocenters. The Morgan fingerprint density at radius 3 is 2.30 bits per heavy atom. The second kappa shape index (κ2) is 6.41. The van der Waals surface area contributed by atoms with Crippen molar-refractivity contribution in [1.82, 2.24) is 5.32 Å². The smallest absolute Gasteiger partial charge is 0.407 e. The highest BCUT2D eigenvalue weighted by atomic mass is 16.6. The second-order valence-corrected chi connectivity index (χ2v) is 5.67. The van der Waals surface area contributed by atoms with Crippen LogP contribution in [-0.4, -0.2) is 24.7 Å². The monoisotopic (exact) mass is 279 g/mol. The summed E-state index contributed by atoms with van der Waals surface area (Å²) in [6.45, 7) is 7.59. The summed E-state index contributed by atoms with van der Waals surface area (Å²) in [5, 5.41) is 2.62. The summed E-state index contributed by atoms with van der Waals surface area (Å²) >= 11 is 0. The van der Waals surface area contributed by atoms with Gasteiger partial charge in [0.05, 0.1) is 6.54 Å². The standard InChI is InChI=1S/C15H21NO4/c1-14(2,3)20-13(18)16-10-15(4,19-11-17)12-8-6-5-7-9-12/h5-9,11H,10H2,1-4H3,(H,16,18).